The monoisotopic (exact) mass is 727 g/mol. The van der Waals surface area contributed by atoms with E-state index in [1.807, 2.05) is 66.7 Å². The van der Waals surface area contributed by atoms with Crippen LogP contribution in [-0.2, 0) is 25.7 Å². The van der Waals surface area contributed by atoms with Gasteiger partial charge in [-0.15, -0.1) is 0 Å². The third-order valence-electron chi connectivity index (χ3n) is 8.25. The van der Waals surface area contributed by atoms with Gasteiger partial charge in [0.05, 0.1) is 28.8 Å². The molecule has 0 saturated carbocycles. The Kier molecular flexibility index (Phi) is 8.33. The van der Waals surface area contributed by atoms with Gasteiger partial charge in [0, 0.05) is 21.0 Å². The van der Waals surface area contributed by atoms with Crippen molar-refractivity contribution in [2.75, 3.05) is 16.8 Å². The molecule has 0 aliphatic carbocycles. The molecule has 12 heteroatoms. The fraction of sp³-hybridized carbons (Fsp3) is 0.171. The summed E-state index contributed by atoms with van der Waals surface area (Å²) >= 11 is 5.61. The number of aromatic nitrogens is 1. The smallest absolute Gasteiger partial charge is 0.338 e. The number of hydrogen-bond donors (Lipinski definition) is 1. The predicted molar refractivity (Wildman–Crippen MR) is 185 cm³/mol. The number of amides is 3. The molecule has 2 aliphatic rings. The lowest BCUT2D eigenvalue weighted by Gasteiger charge is -2.30. The summed E-state index contributed by atoms with van der Waals surface area (Å²) in [7, 11) is 0. The van der Waals surface area contributed by atoms with Crippen LogP contribution in [0.2, 0.25) is 0 Å². The van der Waals surface area contributed by atoms with E-state index in [-0.39, 0.29) is 23.9 Å². The molecule has 3 heterocycles. The Morgan fingerprint density at radius 2 is 1.62 bits per heavy atom. The first-order valence-electron chi connectivity index (χ1n) is 14.8. The summed E-state index contributed by atoms with van der Waals surface area (Å²) in [6.07, 6.45) is 0. The zero-order valence-corrected chi connectivity index (χ0v) is 28.1. The summed E-state index contributed by atoms with van der Waals surface area (Å²) in [4.78, 5) is 68.6. The first kappa shape index (κ1) is 31.1. The van der Waals surface area contributed by atoms with Crippen molar-refractivity contribution in [3.05, 3.63) is 121 Å². The number of carbonyl (C=O) groups is 4. The van der Waals surface area contributed by atoms with E-state index in [1.165, 1.54) is 16.7 Å². The zero-order chi connectivity index (χ0) is 32.8. The molecule has 3 amide bonds. The maximum absolute atomic E-state index is 14.1. The first-order valence-corrected chi connectivity index (χ1v) is 17.3. The number of ether oxygens (including phenoxy) is 1. The second kappa shape index (κ2) is 12.6. The van der Waals surface area contributed by atoms with Crippen molar-refractivity contribution in [2.45, 2.75) is 29.7 Å². The molecule has 5 aromatic rings. The molecule has 0 unspecified atom stereocenters. The second-order valence-electron chi connectivity index (χ2n) is 11.1. The number of rotatable bonds is 7. The van der Waals surface area contributed by atoms with Crippen LogP contribution in [0.4, 0.5) is 11.4 Å². The number of nitrogens with one attached hydrogen (secondary N) is 1. The van der Waals surface area contributed by atoms with Gasteiger partial charge in [0.1, 0.15) is 11.8 Å². The van der Waals surface area contributed by atoms with Crippen molar-refractivity contribution >= 4 is 84.9 Å². The van der Waals surface area contributed by atoms with Crippen molar-refractivity contribution in [3.63, 3.8) is 0 Å². The summed E-state index contributed by atoms with van der Waals surface area (Å²) in [5, 5.41) is 4.57. The molecule has 0 radical (unpaired) electrons. The normalized spacial score (nSPS) is 18.6. The van der Waals surface area contributed by atoms with Crippen LogP contribution in [0.3, 0.4) is 0 Å². The zero-order valence-electron chi connectivity index (χ0n) is 24.8. The Bertz CT molecular complexity index is 2130. The molecule has 1 saturated heterocycles. The largest absolute Gasteiger partial charge is 0.462 e. The number of anilines is 2. The van der Waals surface area contributed by atoms with Crippen LogP contribution >= 0.6 is 39.0 Å². The summed E-state index contributed by atoms with van der Waals surface area (Å²) in [5.41, 5.74) is 2.03. The molecule has 236 valence electrons. The molecular weight excluding hydrogens is 702 g/mol. The first-order chi connectivity index (χ1) is 22.7. The van der Waals surface area contributed by atoms with Gasteiger partial charge in [0.15, 0.2) is 0 Å². The van der Waals surface area contributed by atoms with Gasteiger partial charge >= 0.3 is 10.8 Å². The lowest BCUT2D eigenvalue weighted by molar-refractivity contribution is -0.122. The van der Waals surface area contributed by atoms with Crippen LogP contribution < -0.4 is 15.1 Å². The SMILES string of the molecule is CCOC(=O)c1ccc(N2C(=O)[C@H]3[C@H](c4ccc(Br)cc4)c4sc(=O)n(CC(=O)Nc5ccc6ccccc6c5)c4S[C@H]3C2=O)cc1. The van der Waals surface area contributed by atoms with Gasteiger partial charge in [-0.25, -0.2) is 9.69 Å². The van der Waals surface area contributed by atoms with Crippen LogP contribution in [0.15, 0.2) is 105 Å². The number of nitrogens with zero attached hydrogens (tertiary/aromatic N) is 2. The summed E-state index contributed by atoms with van der Waals surface area (Å²) < 4.78 is 7.31. The number of esters is 1. The number of fused-ring (bicyclic) bond motifs is 3. The minimum absolute atomic E-state index is 0.224. The highest BCUT2D eigenvalue weighted by Crippen LogP contribution is 2.54. The number of carbonyl (C=O) groups excluding carboxylic acids is 4. The van der Waals surface area contributed by atoms with Gasteiger partial charge < -0.3 is 10.1 Å². The van der Waals surface area contributed by atoms with Crippen molar-refractivity contribution in [1.29, 1.82) is 0 Å². The molecule has 9 nitrogen and oxygen atoms in total. The fourth-order valence-corrected chi connectivity index (χ4v) is 9.15. The molecule has 1 aromatic heterocycles. The molecule has 4 aromatic carbocycles. The minimum atomic E-state index is -0.836. The maximum atomic E-state index is 14.1. The molecular formula is C35H26BrN3O6S2. The highest BCUT2D eigenvalue weighted by atomic mass is 79.9. The molecule has 7 rings (SSSR count). The number of thiazole rings is 1. The molecule has 0 bridgehead atoms. The summed E-state index contributed by atoms with van der Waals surface area (Å²) in [6, 6.07) is 27.0. The van der Waals surface area contributed by atoms with Crippen molar-refractivity contribution in [1.82, 2.24) is 4.57 Å². The Labute approximate surface area is 285 Å². The molecule has 0 spiro atoms. The third kappa shape index (κ3) is 5.70. The van der Waals surface area contributed by atoms with Crippen LogP contribution in [-0.4, -0.2) is 40.1 Å². The van der Waals surface area contributed by atoms with Gasteiger partial charge in [0.25, 0.3) is 0 Å². The van der Waals surface area contributed by atoms with E-state index in [2.05, 4.69) is 21.2 Å². The fourth-order valence-electron chi connectivity index (χ4n) is 6.11. The van der Waals surface area contributed by atoms with Crippen molar-refractivity contribution in [3.8, 4) is 0 Å². The Balaban J connectivity index is 1.23. The molecule has 3 atom stereocenters. The number of imide groups is 1. The van der Waals surface area contributed by atoms with E-state index in [1.54, 1.807) is 19.1 Å². The highest BCUT2D eigenvalue weighted by molar-refractivity contribution is 9.10. The van der Waals surface area contributed by atoms with E-state index >= 15 is 0 Å². The lowest BCUT2D eigenvalue weighted by atomic mass is 9.83. The molecule has 1 fully saturated rings. The average molecular weight is 729 g/mol. The van der Waals surface area contributed by atoms with E-state index in [9.17, 15) is 24.0 Å². The second-order valence-corrected chi connectivity index (χ2v) is 14.1. The van der Waals surface area contributed by atoms with E-state index in [0.717, 1.165) is 48.8 Å². The quantitative estimate of drug-likeness (QED) is 0.152. The van der Waals surface area contributed by atoms with Gasteiger partial charge in [-0.05, 0) is 71.8 Å². The molecule has 1 N–H and O–H groups in total. The average Bonchev–Trinajstić information content (AvgIpc) is 3.51. The van der Waals surface area contributed by atoms with Gasteiger partial charge in [0.2, 0.25) is 17.7 Å². The topological polar surface area (TPSA) is 115 Å². The van der Waals surface area contributed by atoms with Crippen LogP contribution in [0.1, 0.15) is 33.6 Å². The van der Waals surface area contributed by atoms with E-state index in [0.29, 0.717) is 26.8 Å². The molecule has 2 aliphatic heterocycles. The number of halogens is 1. The Morgan fingerprint density at radius 3 is 2.34 bits per heavy atom. The van der Waals surface area contributed by atoms with Crippen molar-refractivity contribution < 1.29 is 23.9 Å². The van der Waals surface area contributed by atoms with Crippen LogP contribution in [0.5, 0.6) is 0 Å². The van der Waals surface area contributed by atoms with Gasteiger partial charge in [-0.2, -0.15) is 0 Å². The minimum Gasteiger partial charge on any atom is -0.462 e. The Morgan fingerprint density at radius 1 is 0.894 bits per heavy atom. The third-order valence-corrected chi connectivity index (χ3v) is 11.4. The number of thioether (sulfide) groups is 1. The lowest BCUT2D eigenvalue weighted by Crippen LogP contribution is -2.33. The van der Waals surface area contributed by atoms with E-state index < -0.39 is 34.9 Å². The van der Waals surface area contributed by atoms with Crippen LogP contribution in [0.25, 0.3) is 10.8 Å². The number of hydrogen-bond acceptors (Lipinski definition) is 8. The summed E-state index contributed by atoms with van der Waals surface area (Å²) in [5.74, 6) is -3.08. The maximum Gasteiger partial charge on any atom is 0.338 e. The van der Waals surface area contributed by atoms with Crippen molar-refractivity contribution in [2.24, 2.45) is 5.92 Å². The van der Waals surface area contributed by atoms with Gasteiger partial charge in [-0.3, -0.25) is 23.7 Å². The Hall–Kier alpha value is -4.52. The summed E-state index contributed by atoms with van der Waals surface area (Å²) in [6.45, 7) is 1.68. The number of benzene rings is 4. The standard InChI is InChI=1S/C35H26BrN3O6S2/c1-2-45-34(43)21-10-15-25(16-11-21)39-31(41)28-27(20-7-12-23(36)13-8-20)30-33(46-29(28)32(39)42)38(35(44)47-30)18-26(40)37-24-14-9-19-5-3-4-6-22(19)17-24/h3-17,27-29H,2,18H2,1H3,(H,37,40)/t27-,28-,29+/m0/s1. The highest BCUT2D eigenvalue weighted by Gasteiger charge is 2.56. The molecule has 47 heavy (non-hydrogen) atoms. The van der Waals surface area contributed by atoms with Crippen LogP contribution in [0, 0.1) is 5.92 Å². The van der Waals surface area contributed by atoms with Gasteiger partial charge in [-0.1, -0.05) is 81.5 Å². The van der Waals surface area contributed by atoms with E-state index in [4.69, 9.17) is 4.74 Å². The predicted octanol–water partition coefficient (Wildman–Crippen LogP) is 6.44.